The maximum absolute atomic E-state index is 12.4. The van der Waals surface area contributed by atoms with Crippen LogP contribution >= 0.6 is 0 Å². The van der Waals surface area contributed by atoms with Crippen LogP contribution < -0.4 is 9.47 Å². The van der Waals surface area contributed by atoms with Crippen LogP contribution in [0.15, 0.2) is 41.4 Å². The average Bonchev–Trinajstić information content (AvgIpc) is 3.55. The van der Waals surface area contributed by atoms with E-state index in [2.05, 4.69) is 0 Å². The van der Waals surface area contributed by atoms with E-state index in [-0.39, 0.29) is 23.9 Å². The van der Waals surface area contributed by atoms with Crippen LogP contribution in [0.25, 0.3) is 0 Å². The zero-order valence-electron chi connectivity index (χ0n) is 15.6. The molecule has 0 bridgehead atoms. The molecule has 9 heteroatoms. The number of carbonyl (C=O) groups is 3. The van der Waals surface area contributed by atoms with Crippen molar-refractivity contribution < 1.29 is 29.0 Å². The Bertz CT molecular complexity index is 986. The van der Waals surface area contributed by atoms with Crippen molar-refractivity contribution in [1.29, 1.82) is 0 Å². The molecule has 9 nitrogen and oxygen atoms in total. The van der Waals surface area contributed by atoms with Crippen LogP contribution in [0.2, 0.25) is 0 Å². The fraction of sp³-hybridized carbons (Fsp3) is 0.350. The van der Waals surface area contributed by atoms with E-state index in [1.54, 1.807) is 6.07 Å². The summed E-state index contributed by atoms with van der Waals surface area (Å²) in [6.07, 6.45) is 1.52. The van der Waals surface area contributed by atoms with Crippen molar-refractivity contribution in [2.45, 2.75) is 0 Å². The number of carboxylic acids is 1. The highest BCUT2D eigenvalue weighted by molar-refractivity contribution is 6.22. The third kappa shape index (κ3) is 3.39. The van der Waals surface area contributed by atoms with Gasteiger partial charge in [-0.15, -0.1) is 0 Å². The van der Waals surface area contributed by atoms with Crippen molar-refractivity contribution >= 4 is 17.5 Å². The number of benzene rings is 1. The summed E-state index contributed by atoms with van der Waals surface area (Å²) in [4.78, 5) is 41.0. The Hall–Kier alpha value is -3.49. The van der Waals surface area contributed by atoms with Crippen molar-refractivity contribution in [1.82, 2.24) is 14.7 Å². The number of allylic oxidation sites excluding steroid dienone is 1. The fourth-order valence-electron chi connectivity index (χ4n) is 3.31. The van der Waals surface area contributed by atoms with Crippen molar-refractivity contribution in [2.24, 2.45) is 0 Å². The summed E-state index contributed by atoms with van der Waals surface area (Å²) in [5.74, 6) is 0.176. The summed E-state index contributed by atoms with van der Waals surface area (Å²) in [7, 11) is 0. The van der Waals surface area contributed by atoms with Crippen LogP contribution in [-0.4, -0.2) is 83.4 Å². The second kappa shape index (κ2) is 6.54. The predicted octanol–water partition coefficient (Wildman–Crippen LogP) is 0.294. The first kappa shape index (κ1) is 17.6. The van der Waals surface area contributed by atoms with Gasteiger partial charge in [-0.25, -0.2) is 4.79 Å². The highest BCUT2D eigenvalue weighted by Gasteiger charge is 2.43. The van der Waals surface area contributed by atoms with Crippen LogP contribution in [-0.2, 0) is 9.59 Å². The van der Waals surface area contributed by atoms with Gasteiger partial charge in [-0.2, -0.15) is 0 Å². The SMILES string of the molecule is O=C(O)c1ccc2c(c1)OCO2.O=C1C=C(N2CC2)C(=O)C(N2CC2)=C1N1CC1. The molecule has 5 aliphatic rings. The van der Waals surface area contributed by atoms with Gasteiger partial charge in [-0.3, -0.25) is 9.59 Å². The van der Waals surface area contributed by atoms with E-state index >= 15 is 0 Å². The molecule has 3 fully saturated rings. The predicted molar refractivity (Wildman–Crippen MR) is 99.4 cm³/mol. The molecule has 0 saturated carbocycles. The number of rotatable bonds is 4. The van der Waals surface area contributed by atoms with Gasteiger partial charge in [-0.05, 0) is 18.2 Å². The highest BCUT2D eigenvalue weighted by atomic mass is 16.7. The van der Waals surface area contributed by atoms with Crippen LogP contribution in [0.4, 0.5) is 0 Å². The van der Waals surface area contributed by atoms with Gasteiger partial charge >= 0.3 is 5.97 Å². The molecule has 3 saturated heterocycles. The van der Waals surface area contributed by atoms with Crippen molar-refractivity contribution in [3.8, 4) is 11.5 Å². The molecule has 0 radical (unpaired) electrons. The number of carboxylic acid groups (broad SMARTS) is 1. The summed E-state index contributed by atoms with van der Waals surface area (Å²) >= 11 is 0. The lowest BCUT2D eigenvalue weighted by Gasteiger charge is -2.21. The van der Waals surface area contributed by atoms with E-state index in [0.717, 1.165) is 39.3 Å². The van der Waals surface area contributed by atoms with Crippen molar-refractivity contribution in [3.63, 3.8) is 0 Å². The molecule has 4 heterocycles. The van der Waals surface area contributed by atoms with Gasteiger partial charge in [0.25, 0.3) is 0 Å². The molecular weight excluding hydrogens is 378 g/mol. The first-order chi connectivity index (χ1) is 14.0. The summed E-state index contributed by atoms with van der Waals surface area (Å²) in [6, 6.07) is 4.52. The Morgan fingerprint density at radius 3 is 2.10 bits per heavy atom. The zero-order valence-corrected chi connectivity index (χ0v) is 15.6. The van der Waals surface area contributed by atoms with Crippen LogP contribution in [0.1, 0.15) is 10.4 Å². The van der Waals surface area contributed by atoms with Gasteiger partial charge in [0.15, 0.2) is 11.5 Å². The van der Waals surface area contributed by atoms with E-state index in [0.29, 0.717) is 28.6 Å². The minimum Gasteiger partial charge on any atom is -0.478 e. The minimum absolute atomic E-state index is 0.00546. The van der Waals surface area contributed by atoms with Gasteiger partial charge in [0, 0.05) is 45.3 Å². The molecular formula is C20H19N3O6. The molecule has 0 spiro atoms. The second-order valence-corrected chi connectivity index (χ2v) is 7.25. The number of ketones is 2. The standard InChI is InChI=1S/C12H13N3O2.C8H6O4/c16-9-7-8(13-1-2-13)12(17)11(15-5-6-15)10(9)14-3-4-14;9-8(10)5-1-2-6-7(3-5)12-4-11-6/h7H,1-6H2;1-3H,4H2,(H,9,10). The molecule has 29 heavy (non-hydrogen) atoms. The molecule has 0 amide bonds. The largest absolute Gasteiger partial charge is 0.478 e. The molecule has 1 aromatic carbocycles. The van der Waals surface area contributed by atoms with E-state index < -0.39 is 5.97 Å². The third-order valence-corrected chi connectivity index (χ3v) is 5.11. The second-order valence-electron chi connectivity index (χ2n) is 7.25. The number of aromatic carboxylic acids is 1. The van der Waals surface area contributed by atoms with E-state index in [1.165, 1.54) is 18.2 Å². The van der Waals surface area contributed by atoms with E-state index in [9.17, 15) is 14.4 Å². The fourth-order valence-corrected chi connectivity index (χ4v) is 3.31. The van der Waals surface area contributed by atoms with Gasteiger partial charge < -0.3 is 29.3 Å². The molecule has 0 aromatic heterocycles. The Labute approximate surface area is 166 Å². The third-order valence-electron chi connectivity index (χ3n) is 5.11. The van der Waals surface area contributed by atoms with Crippen LogP contribution in [0, 0.1) is 0 Å². The van der Waals surface area contributed by atoms with Gasteiger partial charge in [0.1, 0.15) is 11.4 Å². The summed E-state index contributed by atoms with van der Waals surface area (Å²) in [6.45, 7) is 5.57. The van der Waals surface area contributed by atoms with Crippen LogP contribution in [0.3, 0.4) is 0 Å². The zero-order chi connectivity index (χ0) is 20.1. The number of Topliss-reactive ketones (excluding diaryl/α,β-unsaturated/α-hetero) is 1. The number of hydrogen-bond acceptors (Lipinski definition) is 8. The summed E-state index contributed by atoms with van der Waals surface area (Å²) < 4.78 is 10.0. The lowest BCUT2D eigenvalue weighted by molar-refractivity contribution is -0.117. The molecule has 6 rings (SSSR count). The van der Waals surface area contributed by atoms with E-state index in [4.69, 9.17) is 14.6 Å². The Kier molecular flexibility index (Phi) is 3.97. The van der Waals surface area contributed by atoms with E-state index in [1.807, 2.05) is 14.7 Å². The lowest BCUT2D eigenvalue weighted by Crippen LogP contribution is -2.29. The van der Waals surface area contributed by atoms with Gasteiger partial charge in [0.2, 0.25) is 18.4 Å². The van der Waals surface area contributed by atoms with Crippen molar-refractivity contribution in [3.05, 3.63) is 46.9 Å². The van der Waals surface area contributed by atoms with Crippen molar-refractivity contribution in [2.75, 3.05) is 46.1 Å². The Morgan fingerprint density at radius 1 is 0.862 bits per heavy atom. The molecule has 4 aliphatic heterocycles. The molecule has 1 N–H and O–H groups in total. The monoisotopic (exact) mass is 397 g/mol. The Morgan fingerprint density at radius 2 is 1.48 bits per heavy atom. The quantitative estimate of drug-likeness (QED) is 0.568. The van der Waals surface area contributed by atoms with Gasteiger partial charge in [0.05, 0.1) is 11.3 Å². The first-order valence-electron chi connectivity index (χ1n) is 9.46. The number of ether oxygens (including phenoxy) is 2. The molecule has 0 atom stereocenters. The summed E-state index contributed by atoms with van der Waals surface area (Å²) in [5, 5.41) is 8.62. The smallest absolute Gasteiger partial charge is 0.335 e. The molecule has 1 aliphatic carbocycles. The maximum atomic E-state index is 12.4. The minimum atomic E-state index is -0.965. The Balaban J connectivity index is 0.000000134. The molecule has 150 valence electrons. The number of hydrogen-bond donors (Lipinski definition) is 1. The lowest BCUT2D eigenvalue weighted by atomic mass is 10.0. The topological polar surface area (TPSA) is 98.9 Å². The summed E-state index contributed by atoms with van der Waals surface area (Å²) in [5.41, 5.74) is 2.09. The number of carbonyl (C=O) groups excluding carboxylic acids is 2. The number of nitrogens with zero attached hydrogens (tertiary/aromatic N) is 3. The maximum Gasteiger partial charge on any atom is 0.335 e. The average molecular weight is 397 g/mol. The van der Waals surface area contributed by atoms with Gasteiger partial charge in [-0.1, -0.05) is 0 Å². The molecule has 0 unspecified atom stereocenters. The first-order valence-corrected chi connectivity index (χ1v) is 9.46. The number of fused-ring (bicyclic) bond motifs is 1. The highest BCUT2D eigenvalue weighted by Crippen LogP contribution is 2.34. The van der Waals surface area contributed by atoms with Crippen LogP contribution in [0.5, 0.6) is 11.5 Å². The molecule has 1 aromatic rings. The normalized spacial score (nSPS) is 21.0.